The van der Waals surface area contributed by atoms with Crippen molar-refractivity contribution in [3.63, 3.8) is 0 Å². The van der Waals surface area contributed by atoms with Gasteiger partial charge < -0.3 is 0 Å². The van der Waals surface area contributed by atoms with Crippen LogP contribution in [-0.4, -0.2) is 41.7 Å². The van der Waals surface area contributed by atoms with Crippen molar-refractivity contribution >= 4 is 17.8 Å². The maximum atomic E-state index is 11.6. The van der Waals surface area contributed by atoms with Gasteiger partial charge in [-0.05, 0) is 5.92 Å². The summed E-state index contributed by atoms with van der Waals surface area (Å²) in [5.74, 6) is -0.975. The molecule has 0 aromatic heterocycles. The first-order valence-electron chi connectivity index (χ1n) is 4.68. The third-order valence-electron chi connectivity index (χ3n) is 2.14. The number of rotatable bonds is 1. The van der Waals surface area contributed by atoms with Gasteiger partial charge in [-0.25, -0.2) is 4.79 Å². The highest BCUT2D eigenvalue weighted by molar-refractivity contribution is 6.28. The van der Waals surface area contributed by atoms with Gasteiger partial charge in [0.15, 0.2) is 0 Å². The minimum absolute atomic E-state index is 0.0644. The van der Waals surface area contributed by atoms with E-state index < -0.39 is 17.8 Å². The number of urea groups is 1. The standard InChI is InChI=1S/C10H14N2O3/c1-6(2)5-7-8(13)11(3)10(15)12(4)9(7)14/h5-6H,1-4H3. The van der Waals surface area contributed by atoms with Crippen LogP contribution in [0.3, 0.4) is 0 Å². The van der Waals surface area contributed by atoms with E-state index in [1.807, 2.05) is 13.8 Å². The molecule has 0 radical (unpaired) electrons. The van der Waals surface area contributed by atoms with Crippen LogP contribution in [0.2, 0.25) is 0 Å². The summed E-state index contributed by atoms with van der Waals surface area (Å²) in [5, 5.41) is 0. The van der Waals surface area contributed by atoms with Crippen LogP contribution in [0, 0.1) is 5.92 Å². The van der Waals surface area contributed by atoms with Gasteiger partial charge in [-0.15, -0.1) is 0 Å². The molecule has 1 fully saturated rings. The summed E-state index contributed by atoms with van der Waals surface area (Å²) in [6.07, 6.45) is 1.57. The van der Waals surface area contributed by atoms with E-state index in [0.29, 0.717) is 0 Å². The number of nitrogens with zero attached hydrogens (tertiary/aromatic N) is 2. The van der Waals surface area contributed by atoms with E-state index in [1.54, 1.807) is 6.08 Å². The van der Waals surface area contributed by atoms with Crippen molar-refractivity contribution in [3.05, 3.63) is 11.6 Å². The number of hydrogen-bond acceptors (Lipinski definition) is 3. The number of barbiturate groups is 1. The Morgan fingerprint density at radius 2 is 1.40 bits per heavy atom. The van der Waals surface area contributed by atoms with E-state index in [1.165, 1.54) is 14.1 Å². The molecule has 0 bridgehead atoms. The molecule has 15 heavy (non-hydrogen) atoms. The van der Waals surface area contributed by atoms with Gasteiger partial charge in [0.05, 0.1) is 0 Å². The SMILES string of the molecule is CC(C)C=C1C(=O)N(C)C(=O)N(C)C1=O. The smallest absolute Gasteiger partial charge is 0.268 e. The summed E-state index contributed by atoms with van der Waals surface area (Å²) >= 11 is 0. The van der Waals surface area contributed by atoms with E-state index in [9.17, 15) is 14.4 Å². The highest BCUT2D eigenvalue weighted by Crippen LogP contribution is 2.15. The molecule has 5 heteroatoms. The number of allylic oxidation sites excluding steroid dienone is 1. The summed E-state index contributed by atoms with van der Waals surface area (Å²) in [4.78, 5) is 36.5. The maximum absolute atomic E-state index is 11.6. The highest BCUT2D eigenvalue weighted by Gasteiger charge is 2.37. The predicted molar refractivity (Wildman–Crippen MR) is 53.9 cm³/mol. The van der Waals surface area contributed by atoms with Gasteiger partial charge in [-0.2, -0.15) is 0 Å². The van der Waals surface area contributed by atoms with Gasteiger partial charge in [0, 0.05) is 14.1 Å². The number of carbonyl (C=O) groups is 3. The molecule has 0 aromatic carbocycles. The number of hydrogen-bond donors (Lipinski definition) is 0. The number of amides is 4. The zero-order valence-electron chi connectivity index (χ0n) is 9.27. The Hall–Kier alpha value is -1.65. The van der Waals surface area contributed by atoms with Gasteiger partial charge >= 0.3 is 6.03 Å². The van der Waals surface area contributed by atoms with Crippen LogP contribution in [0.1, 0.15) is 13.8 Å². The molecule has 0 aliphatic carbocycles. The molecular formula is C10H14N2O3. The fraction of sp³-hybridized carbons (Fsp3) is 0.500. The Balaban J connectivity index is 3.14. The molecule has 0 N–H and O–H groups in total. The Bertz CT molecular complexity index is 332. The van der Waals surface area contributed by atoms with E-state index in [2.05, 4.69) is 0 Å². The van der Waals surface area contributed by atoms with Crippen LogP contribution in [0.15, 0.2) is 11.6 Å². The van der Waals surface area contributed by atoms with Crippen molar-refractivity contribution in [1.29, 1.82) is 0 Å². The van der Waals surface area contributed by atoms with Crippen LogP contribution in [0.5, 0.6) is 0 Å². The van der Waals surface area contributed by atoms with Gasteiger partial charge in [-0.3, -0.25) is 19.4 Å². The predicted octanol–water partition coefficient (Wildman–Crippen LogP) is 0.619. The average Bonchev–Trinajstić information content (AvgIpc) is 2.18. The van der Waals surface area contributed by atoms with Crippen LogP contribution >= 0.6 is 0 Å². The van der Waals surface area contributed by atoms with E-state index in [0.717, 1.165) is 9.80 Å². The molecule has 1 aliphatic rings. The zero-order chi connectivity index (χ0) is 11.7. The summed E-state index contributed by atoms with van der Waals surface area (Å²) < 4.78 is 0. The summed E-state index contributed by atoms with van der Waals surface area (Å²) in [7, 11) is 2.73. The molecule has 1 heterocycles. The molecule has 1 rings (SSSR count). The second-order valence-corrected chi connectivity index (χ2v) is 3.84. The Labute approximate surface area is 88.3 Å². The largest absolute Gasteiger partial charge is 0.333 e. The molecule has 0 aromatic rings. The van der Waals surface area contributed by atoms with Crippen molar-refractivity contribution in [1.82, 2.24) is 9.80 Å². The van der Waals surface area contributed by atoms with Crippen molar-refractivity contribution in [2.24, 2.45) is 5.92 Å². The van der Waals surface area contributed by atoms with Crippen LogP contribution < -0.4 is 0 Å². The Morgan fingerprint density at radius 3 is 1.73 bits per heavy atom. The number of likely N-dealkylation sites (N-methyl/N-ethyl adjacent to an activating group) is 2. The number of imide groups is 2. The molecule has 4 amide bonds. The topological polar surface area (TPSA) is 57.7 Å². The van der Waals surface area contributed by atoms with Crippen molar-refractivity contribution < 1.29 is 14.4 Å². The van der Waals surface area contributed by atoms with E-state index in [-0.39, 0.29) is 11.5 Å². The maximum Gasteiger partial charge on any atom is 0.333 e. The Morgan fingerprint density at radius 1 is 1.00 bits per heavy atom. The summed E-state index contributed by atoms with van der Waals surface area (Å²) in [5.41, 5.74) is 0.0644. The van der Waals surface area contributed by atoms with Gasteiger partial charge in [-0.1, -0.05) is 19.9 Å². The highest BCUT2D eigenvalue weighted by atomic mass is 16.2. The average molecular weight is 210 g/mol. The molecule has 82 valence electrons. The third-order valence-corrected chi connectivity index (χ3v) is 2.14. The molecule has 0 atom stereocenters. The van der Waals surface area contributed by atoms with Crippen molar-refractivity contribution in [2.75, 3.05) is 14.1 Å². The monoisotopic (exact) mass is 210 g/mol. The van der Waals surface area contributed by atoms with Crippen LogP contribution in [0.4, 0.5) is 4.79 Å². The normalized spacial score (nSPS) is 17.9. The molecule has 1 saturated heterocycles. The van der Waals surface area contributed by atoms with Crippen molar-refractivity contribution in [2.45, 2.75) is 13.8 Å². The molecule has 0 unspecified atom stereocenters. The van der Waals surface area contributed by atoms with Gasteiger partial charge in [0.25, 0.3) is 11.8 Å². The van der Waals surface area contributed by atoms with E-state index in [4.69, 9.17) is 0 Å². The lowest BCUT2D eigenvalue weighted by molar-refractivity contribution is -0.134. The lowest BCUT2D eigenvalue weighted by Crippen LogP contribution is -2.53. The minimum Gasteiger partial charge on any atom is -0.268 e. The first-order valence-corrected chi connectivity index (χ1v) is 4.68. The quantitative estimate of drug-likeness (QED) is 0.471. The molecular weight excluding hydrogens is 196 g/mol. The third kappa shape index (κ3) is 1.91. The minimum atomic E-state index is -0.592. The van der Waals surface area contributed by atoms with Gasteiger partial charge in [0.1, 0.15) is 5.57 Å². The molecule has 5 nitrogen and oxygen atoms in total. The summed E-state index contributed by atoms with van der Waals surface area (Å²) in [6, 6.07) is -0.592. The first kappa shape index (κ1) is 11.4. The molecule has 1 aliphatic heterocycles. The fourth-order valence-corrected chi connectivity index (χ4v) is 1.33. The summed E-state index contributed by atoms with van der Waals surface area (Å²) in [6.45, 7) is 3.73. The second-order valence-electron chi connectivity index (χ2n) is 3.84. The van der Waals surface area contributed by atoms with Crippen LogP contribution in [-0.2, 0) is 9.59 Å². The first-order chi connectivity index (χ1) is 6.86. The van der Waals surface area contributed by atoms with E-state index >= 15 is 0 Å². The lowest BCUT2D eigenvalue weighted by atomic mass is 10.1. The van der Waals surface area contributed by atoms with Gasteiger partial charge in [0.2, 0.25) is 0 Å². The van der Waals surface area contributed by atoms with Crippen molar-refractivity contribution in [3.8, 4) is 0 Å². The molecule has 0 saturated carbocycles. The fourth-order valence-electron chi connectivity index (χ4n) is 1.33. The lowest BCUT2D eigenvalue weighted by Gasteiger charge is -2.29. The second kappa shape index (κ2) is 3.84. The Kier molecular flexibility index (Phi) is 2.93. The zero-order valence-corrected chi connectivity index (χ0v) is 9.27. The number of carbonyl (C=O) groups excluding carboxylic acids is 3. The van der Waals surface area contributed by atoms with Crippen LogP contribution in [0.25, 0.3) is 0 Å². The molecule has 0 spiro atoms.